The van der Waals surface area contributed by atoms with Gasteiger partial charge in [-0.2, -0.15) is 0 Å². The highest BCUT2D eigenvalue weighted by Gasteiger charge is 2.28. The Morgan fingerprint density at radius 3 is 2.46 bits per heavy atom. The zero-order valence-electron chi connectivity index (χ0n) is 16.2. The van der Waals surface area contributed by atoms with Crippen molar-refractivity contribution in [3.05, 3.63) is 45.1 Å². The van der Waals surface area contributed by atoms with Crippen LogP contribution in [0, 0.1) is 6.92 Å². The number of nitrogens with one attached hydrogen (secondary N) is 1. The summed E-state index contributed by atoms with van der Waals surface area (Å²) in [4.78, 5) is 31.0. The van der Waals surface area contributed by atoms with E-state index in [1.54, 1.807) is 25.3 Å². The predicted molar refractivity (Wildman–Crippen MR) is 113 cm³/mol. The van der Waals surface area contributed by atoms with Crippen molar-refractivity contribution >= 4 is 40.4 Å². The standard InChI is InChI=1S/C20H24ClN3O3S/c1-13-4-7-18(28-13)20(26)24-10-8-23(9-11-24)14(2)19(25)22-15-5-6-17(27-3)16(21)12-15/h4-7,12,14H,8-11H2,1-3H3,(H,22,25). The minimum Gasteiger partial charge on any atom is -0.495 e. The summed E-state index contributed by atoms with van der Waals surface area (Å²) in [5.41, 5.74) is 0.629. The van der Waals surface area contributed by atoms with Crippen molar-refractivity contribution in [3.63, 3.8) is 0 Å². The summed E-state index contributed by atoms with van der Waals surface area (Å²) >= 11 is 7.63. The molecule has 1 unspecified atom stereocenters. The van der Waals surface area contributed by atoms with Crippen molar-refractivity contribution in [2.75, 3.05) is 38.6 Å². The number of thiophene rings is 1. The normalized spacial score (nSPS) is 15.9. The highest BCUT2D eigenvalue weighted by atomic mass is 35.5. The molecule has 0 spiro atoms. The quantitative estimate of drug-likeness (QED) is 0.802. The molecule has 3 rings (SSSR count). The van der Waals surface area contributed by atoms with Gasteiger partial charge in [-0.1, -0.05) is 11.6 Å². The van der Waals surface area contributed by atoms with Crippen LogP contribution in [0.5, 0.6) is 5.75 Å². The number of carbonyl (C=O) groups excluding carboxylic acids is 2. The molecule has 1 aromatic heterocycles. The molecular formula is C20H24ClN3O3S. The first-order valence-electron chi connectivity index (χ1n) is 9.13. The third-order valence-electron chi connectivity index (χ3n) is 4.90. The maximum atomic E-state index is 12.6. The Hall–Kier alpha value is -2.09. The number of halogens is 1. The van der Waals surface area contributed by atoms with E-state index in [0.717, 1.165) is 9.75 Å². The lowest BCUT2D eigenvalue weighted by Gasteiger charge is -2.37. The summed E-state index contributed by atoms with van der Waals surface area (Å²) < 4.78 is 5.13. The largest absolute Gasteiger partial charge is 0.495 e. The number of piperazine rings is 1. The number of rotatable bonds is 5. The highest BCUT2D eigenvalue weighted by molar-refractivity contribution is 7.13. The molecule has 0 bridgehead atoms. The van der Waals surface area contributed by atoms with Gasteiger partial charge in [0, 0.05) is 36.7 Å². The second kappa shape index (κ2) is 8.94. The molecule has 1 saturated heterocycles. The SMILES string of the molecule is COc1ccc(NC(=O)C(C)N2CCN(C(=O)c3ccc(C)s3)CC2)cc1Cl. The number of hydrogen-bond donors (Lipinski definition) is 1. The van der Waals surface area contributed by atoms with Gasteiger partial charge in [-0.3, -0.25) is 14.5 Å². The molecule has 0 radical (unpaired) electrons. The zero-order chi connectivity index (χ0) is 20.3. The molecule has 6 nitrogen and oxygen atoms in total. The summed E-state index contributed by atoms with van der Waals surface area (Å²) in [5.74, 6) is 0.534. The molecule has 2 aromatic rings. The molecule has 1 atom stereocenters. The van der Waals surface area contributed by atoms with E-state index < -0.39 is 0 Å². The molecular weight excluding hydrogens is 398 g/mol. The van der Waals surface area contributed by atoms with Crippen LogP contribution in [-0.2, 0) is 4.79 Å². The van der Waals surface area contributed by atoms with E-state index in [1.807, 2.05) is 30.9 Å². The summed E-state index contributed by atoms with van der Waals surface area (Å²) in [7, 11) is 1.55. The van der Waals surface area contributed by atoms with Crippen LogP contribution in [0.2, 0.25) is 5.02 Å². The third kappa shape index (κ3) is 4.66. The van der Waals surface area contributed by atoms with Gasteiger partial charge in [0.05, 0.1) is 23.1 Å². The summed E-state index contributed by atoms with van der Waals surface area (Å²) in [6.45, 7) is 6.42. The molecule has 1 fully saturated rings. The Kier molecular flexibility index (Phi) is 6.59. The van der Waals surface area contributed by atoms with Crippen LogP contribution in [0.15, 0.2) is 30.3 Å². The second-order valence-corrected chi connectivity index (χ2v) is 8.45. The number of anilines is 1. The average Bonchev–Trinajstić information content (AvgIpc) is 3.13. The van der Waals surface area contributed by atoms with Gasteiger partial charge in [0.15, 0.2) is 0 Å². The van der Waals surface area contributed by atoms with Crippen LogP contribution >= 0.6 is 22.9 Å². The van der Waals surface area contributed by atoms with E-state index in [4.69, 9.17) is 16.3 Å². The summed E-state index contributed by atoms with van der Waals surface area (Å²) in [6.07, 6.45) is 0. The van der Waals surface area contributed by atoms with Crippen molar-refractivity contribution in [2.24, 2.45) is 0 Å². The molecule has 1 aromatic carbocycles. The van der Waals surface area contributed by atoms with Crippen molar-refractivity contribution in [1.29, 1.82) is 0 Å². The lowest BCUT2D eigenvalue weighted by molar-refractivity contribution is -0.121. The van der Waals surface area contributed by atoms with E-state index >= 15 is 0 Å². The fraction of sp³-hybridized carbons (Fsp3) is 0.400. The zero-order valence-corrected chi connectivity index (χ0v) is 17.8. The summed E-state index contributed by atoms with van der Waals surface area (Å²) in [5, 5.41) is 3.34. The van der Waals surface area contributed by atoms with E-state index in [9.17, 15) is 9.59 Å². The van der Waals surface area contributed by atoms with E-state index in [2.05, 4.69) is 10.2 Å². The average molecular weight is 422 g/mol. The monoisotopic (exact) mass is 421 g/mol. The van der Waals surface area contributed by atoms with Crippen LogP contribution < -0.4 is 10.1 Å². The lowest BCUT2D eigenvalue weighted by Crippen LogP contribution is -2.53. The first kappa shape index (κ1) is 20.6. The number of ether oxygens (including phenoxy) is 1. The highest BCUT2D eigenvalue weighted by Crippen LogP contribution is 2.27. The topological polar surface area (TPSA) is 61.9 Å². The number of methoxy groups -OCH3 is 1. The Labute approximate surface area is 174 Å². The molecule has 0 saturated carbocycles. The molecule has 28 heavy (non-hydrogen) atoms. The number of carbonyl (C=O) groups is 2. The Morgan fingerprint density at radius 2 is 1.89 bits per heavy atom. The third-order valence-corrected chi connectivity index (χ3v) is 6.18. The van der Waals surface area contributed by atoms with Gasteiger partial charge in [0.2, 0.25) is 5.91 Å². The maximum Gasteiger partial charge on any atom is 0.264 e. The van der Waals surface area contributed by atoms with E-state index in [0.29, 0.717) is 42.6 Å². The van der Waals surface area contributed by atoms with Gasteiger partial charge < -0.3 is 15.0 Å². The number of amides is 2. The van der Waals surface area contributed by atoms with Crippen LogP contribution in [0.3, 0.4) is 0 Å². The van der Waals surface area contributed by atoms with Gasteiger partial charge in [-0.15, -0.1) is 11.3 Å². The van der Waals surface area contributed by atoms with Crippen molar-refractivity contribution in [2.45, 2.75) is 19.9 Å². The minimum absolute atomic E-state index is 0.0720. The molecule has 2 amide bonds. The first-order valence-corrected chi connectivity index (χ1v) is 10.3. The van der Waals surface area contributed by atoms with E-state index in [1.165, 1.54) is 11.3 Å². The molecule has 1 N–H and O–H groups in total. The van der Waals surface area contributed by atoms with Crippen LogP contribution in [0.1, 0.15) is 21.5 Å². The van der Waals surface area contributed by atoms with Crippen molar-refractivity contribution in [3.8, 4) is 5.75 Å². The van der Waals surface area contributed by atoms with Crippen LogP contribution in [0.4, 0.5) is 5.69 Å². The van der Waals surface area contributed by atoms with Gasteiger partial charge in [-0.05, 0) is 44.2 Å². The fourth-order valence-electron chi connectivity index (χ4n) is 3.17. The first-order chi connectivity index (χ1) is 13.4. The Bertz CT molecular complexity index is 862. The van der Waals surface area contributed by atoms with Gasteiger partial charge in [0.25, 0.3) is 5.91 Å². The lowest BCUT2D eigenvalue weighted by atomic mass is 10.2. The Balaban J connectivity index is 1.54. The minimum atomic E-state index is -0.304. The number of benzene rings is 1. The molecule has 1 aliphatic heterocycles. The molecule has 1 aliphatic rings. The van der Waals surface area contributed by atoms with Gasteiger partial charge in [0.1, 0.15) is 5.75 Å². The predicted octanol–water partition coefficient (Wildman–Crippen LogP) is 3.50. The Morgan fingerprint density at radius 1 is 1.18 bits per heavy atom. The smallest absolute Gasteiger partial charge is 0.264 e. The molecule has 150 valence electrons. The van der Waals surface area contributed by atoms with Gasteiger partial charge >= 0.3 is 0 Å². The molecule has 8 heteroatoms. The second-order valence-electron chi connectivity index (χ2n) is 6.75. The van der Waals surface area contributed by atoms with Crippen molar-refractivity contribution in [1.82, 2.24) is 9.80 Å². The number of aryl methyl sites for hydroxylation is 1. The maximum absolute atomic E-state index is 12.6. The van der Waals surface area contributed by atoms with Crippen molar-refractivity contribution < 1.29 is 14.3 Å². The van der Waals surface area contributed by atoms with Crippen LogP contribution in [-0.4, -0.2) is 60.9 Å². The van der Waals surface area contributed by atoms with Gasteiger partial charge in [-0.25, -0.2) is 0 Å². The fourth-order valence-corrected chi connectivity index (χ4v) is 4.27. The molecule has 2 heterocycles. The summed E-state index contributed by atoms with van der Waals surface area (Å²) in [6, 6.07) is 8.69. The van der Waals surface area contributed by atoms with Crippen LogP contribution in [0.25, 0.3) is 0 Å². The number of hydrogen-bond acceptors (Lipinski definition) is 5. The van der Waals surface area contributed by atoms with E-state index in [-0.39, 0.29) is 17.9 Å². The number of nitrogens with zero attached hydrogens (tertiary/aromatic N) is 2. The molecule has 0 aliphatic carbocycles.